The summed E-state index contributed by atoms with van der Waals surface area (Å²) in [4.78, 5) is 23.6. The normalized spacial score (nSPS) is 22.2. The van der Waals surface area contributed by atoms with Crippen LogP contribution in [0, 0.1) is 11.8 Å². The molecule has 1 aliphatic carbocycles. The lowest BCUT2D eigenvalue weighted by Gasteiger charge is -2.27. The van der Waals surface area contributed by atoms with Crippen molar-refractivity contribution in [2.24, 2.45) is 11.8 Å². The number of amides is 1. The van der Waals surface area contributed by atoms with E-state index in [2.05, 4.69) is 21.2 Å². The number of hydrogen-bond donors (Lipinski definition) is 2. The zero-order valence-electron chi connectivity index (χ0n) is 13.3. The van der Waals surface area contributed by atoms with Crippen LogP contribution in [0.5, 0.6) is 5.75 Å². The molecular weight excluding hydrogens is 362 g/mol. The van der Waals surface area contributed by atoms with Crippen LogP contribution in [-0.2, 0) is 9.59 Å². The number of carboxylic acid groups (broad SMARTS) is 1. The van der Waals surface area contributed by atoms with Crippen molar-refractivity contribution in [2.75, 3.05) is 7.11 Å². The van der Waals surface area contributed by atoms with Crippen LogP contribution >= 0.6 is 15.9 Å². The Hall–Kier alpha value is -1.56. The van der Waals surface area contributed by atoms with Gasteiger partial charge in [0.2, 0.25) is 5.91 Å². The molecule has 0 heterocycles. The molecule has 0 bridgehead atoms. The van der Waals surface area contributed by atoms with Crippen LogP contribution in [0.3, 0.4) is 0 Å². The minimum absolute atomic E-state index is 0.0755. The molecule has 1 fully saturated rings. The summed E-state index contributed by atoms with van der Waals surface area (Å²) in [6.07, 6.45) is 2.62. The minimum Gasteiger partial charge on any atom is -0.496 e. The average molecular weight is 384 g/mol. The third-order valence-corrected chi connectivity index (χ3v) is 4.91. The van der Waals surface area contributed by atoms with Gasteiger partial charge in [-0.15, -0.1) is 0 Å². The smallest absolute Gasteiger partial charge is 0.306 e. The van der Waals surface area contributed by atoms with E-state index in [4.69, 9.17) is 9.84 Å². The number of benzene rings is 1. The molecule has 23 heavy (non-hydrogen) atoms. The fourth-order valence-electron chi connectivity index (χ4n) is 3.10. The molecule has 0 spiro atoms. The van der Waals surface area contributed by atoms with Gasteiger partial charge in [0, 0.05) is 16.0 Å². The van der Waals surface area contributed by atoms with Crippen molar-refractivity contribution < 1.29 is 19.4 Å². The van der Waals surface area contributed by atoms with Crippen molar-refractivity contribution in [3.63, 3.8) is 0 Å². The maximum Gasteiger partial charge on any atom is 0.306 e. The van der Waals surface area contributed by atoms with Crippen molar-refractivity contribution in [2.45, 2.75) is 38.6 Å². The predicted molar refractivity (Wildman–Crippen MR) is 90.3 cm³/mol. The summed E-state index contributed by atoms with van der Waals surface area (Å²) in [5, 5.41) is 12.1. The Bertz CT molecular complexity index is 590. The van der Waals surface area contributed by atoms with Crippen LogP contribution in [-0.4, -0.2) is 24.1 Å². The molecule has 1 aromatic carbocycles. The molecular formula is C17H22BrNO4. The fraction of sp³-hybridized carbons (Fsp3) is 0.529. The van der Waals surface area contributed by atoms with Crippen LogP contribution in [0.25, 0.3) is 0 Å². The second-order valence-corrected chi connectivity index (χ2v) is 6.93. The summed E-state index contributed by atoms with van der Waals surface area (Å²) >= 11 is 3.40. The number of aliphatic carboxylic acids is 1. The molecule has 0 saturated heterocycles. The van der Waals surface area contributed by atoms with E-state index in [0.29, 0.717) is 18.6 Å². The van der Waals surface area contributed by atoms with Gasteiger partial charge in [-0.25, -0.2) is 0 Å². The molecule has 1 aliphatic rings. The van der Waals surface area contributed by atoms with Gasteiger partial charge in [0.05, 0.1) is 19.1 Å². The Balaban J connectivity index is 2.03. The molecule has 6 heteroatoms. The highest BCUT2D eigenvalue weighted by molar-refractivity contribution is 9.10. The first kappa shape index (κ1) is 17.8. The summed E-state index contributed by atoms with van der Waals surface area (Å²) in [5.41, 5.74) is 0.898. The number of rotatable bonds is 5. The number of nitrogens with one attached hydrogen (secondary N) is 1. The van der Waals surface area contributed by atoms with E-state index in [1.165, 1.54) is 0 Å². The lowest BCUT2D eigenvalue weighted by atomic mass is 9.81. The predicted octanol–water partition coefficient (Wildman–Crippen LogP) is 3.53. The topological polar surface area (TPSA) is 75.6 Å². The van der Waals surface area contributed by atoms with Gasteiger partial charge in [0.25, 0.3) is 0 Å². The number of carbonyl (C=O) groups excluding carboxylic acids is 1. The van der Waals surface area contributed by atoms with Gasteiger partial charge in [-0.3, -0.25) is 9.59 Å². The number of hydrogen-bond acceptors (Lipinski definition) is 3. The summed E-state index contributed by atoms with van der Waals surface area (Å²) in [7, 11) is 1.60. The SMILES string of the molecule is COc1cc(Br)ccc1C(C)NC(=O)C1CCCC(C(=O)O)C1. The first-order valence-electron chi connectivity index (χ1n) is 7.79. The number of halogens is 1. The Morgan fingerprint density at radius 2 is 2.04 bits per heavy atom. The third-order valence-electron chi connectivity index (χ3n) is 4.42. The first-order valence-corrected chi connectivity index (χ1v) is 8.58. The van der Waals surface area contributed by atoms with Gasteiger partial charge in [0.1, 0.15) is 5.75 Å². The van der Waals surface area contributed by atoms with E-state index in [1.807, 2.05) is 25.1 Å². The summed E-state index contributed by atoms with van der Waals surface area (Å²) in [6, 6.07) is 5.48. The monoisotopic (exact) mass is 383 g/mol. The van der Waals surface area contributed by atoms with Crippen LogP contribution in [0.1, 0.15) is 44.2 Å². The Morgan fingerprint density at radius 1 is 1.35 bits per heavy atom. The van der Waals surface area contributed by atoms with Crippen molar-refractivity contribution in [3.05, 3.63) is 28.2 Å². The number of ether oxygens (including phenoxy) is 1. The fourth-order valence-corrected chi connectivity index (χ4v) is 3.44. The highest BCUT2D eigenvalue weighted by Crippen LogP contribution is 2.32. The van der Waals surface area contributed by atoms with E-state index >= 15 is 0 Å². The van der Waals surface area contributed by atoms with Crippen molar-refractivity contribution in [3.8, 4) is 5.75 Å². The molecule has 1 saturated carbocycles. The van der Waals surface area contributed by atoms with Gasteiger partial charge in [0.15, 0.2) is 0 Å². The second-order valence-electron chi connectivity index (χ2n) is 6.02. The molecule has 1 amide bonds. The van der Waals surface area contributed by atoms with Gasteiger partial charge in [-0.1, -0.05) is 28.4 Å². The molecule has 0 aliphatic heterocycles. The largest absolute Gasteiger partial charge is 0.496 e. The van der Waals surface area contributed by atoms with Gasteiger partial charge in [-0.2, -0.15) is 0 Å². The Kier molecular flexibility index (Phi) is 6.04. The van der Waals surface area contributed by atoms with Crippen LogP contribution in [0.4, 0.5) is 0 Å². The molecule has 5 nitrogen and oxygen atoms in total. The summed E-state index contributed by atoms with van der Waals surface area (Å²) < 4.78 is 6.27. The zero-order chi connectivity index (χ0) is 17.0. The molecule has 3 unspecified atom stereocenters. The zero-order valence-corrected chi connectivity index (χ0v) is 14.9. The van der Waals surface area contributed by atoms with Gasteiger partial charge < -0.3 is 15.2 Å². The molecule has 126 valence electrons. The lowest BCUT2D eigenvalue weighted by Crippen LogP contribution is -2.36. The highest BCUT2D eigenvalue weighted by Gasteiger charge is 2.31. The van der Waals surface area contributed by atoms with E-state index < -0.39 is 11.9 Å². The molecule has 1 aromatic rings. The van der Waals surface area contributed by atoms with E-state index in [0.717, 1.165) is 22.9 Å². The van der Waals surface area contributed by atoms with E-state index in [9.17, 15) is 9.59 Å². The van der Waals surface area contributed by atoms with E-state index in [-0.39, 0.29) is 17.9 Å². The number of methoxy groups -OCH3 is 1. The van der Waals surface area contributed by atoms with Gasteiger partial charge in [-0.05, 0) is 38.3 Å². The molecule has 3 atom stereocenters. The van der Waals surface area contributed by atoms with Gasteiger partial charge >= 0.3 is 5.97 Å². The maximum absolute atomic E-state index is 12.5. The summed E-state index contributed by atoms with van der Waals surface area (Å²) in [5.74, 6) is -0.802. The molecule has 2 N–H and O–H groups in total. The molecule has 0 radical (unpaired) electrons. The molecule has 2 rings (SSSR count). The average Bonchev–Trinajstić information content (AvgIpc) is 2.54. The number of carboxylic acids is 1. The van der Waals surface area contributed by atoms with Crippen molar-refractivity contribution in [1.29, 1.82) is 0 Å². The van der Waals surface area contributed by atoms with E-state index in [1.54, 1.807) is 7.11 Å². The quantitative estimate of drug-likeness (QED) is 0.815. The van der Waals surface area contributed by atoms with Crippen molar-refractivity contribution in [1.82, 2.24) is 5.32 Å². The number of carbonyl (C=O) groups is 2. The molecule has 0 aromatic heterocycles. The van der Waals surface area contributed by atoms with Crippen LogP contribution in [0.2, 0.25) is 0 Å². The minimum atomic E-state index is -0.801. The Morgan fingerprint density at radius 3 is 2.70 bits per heavy atom. The third kappa shape index (κ3) is 4.47. The van der Waals surface area contributed by atoms with Crippen LogP contribution < -0.4 is 10.1 Å². The Labute approximate surface area is 144 Å². The standard InChI is InChI=1S/C17H22BrNO4/c1-10(14-7-6-13(18)9-15(14)23-2)19-16(20)11-4-3-5-12(8-11)17(21)22/h6-7,9-12H,3-5,8H2,1-2H3,(H,19,20)(H,21,22). The summed E-state index contributed by atoms with van der Waals surface area (Å²) in [6.45, 7) is 1.90. The lowest BCUT2D eigenvalue weighted by molar-refractivity contribution is -0.144. The maximum atomic E-state index is 12.5. The second kappa shape index (κ2) is 7.81. The first-order chi connectivity index (χ1) is 10.9. The van der Waals surface area contributed by atoms with Crippen LogP contribution in [0.15, 0.2) is 22.7 Å². The van der Waals surface area contributed by atoms with Crippen molar-refractivity contribution >= 4 is 27.8 Å². The highest BCUT2D eigenvalue weighted by atomic mass is 79.9.